The third-order valence-corrected chi connectivity index (χ3v) is 4.99. The minimum atomic E-state index is 0.00944. The molecular weight excluding hydrogens is 344 g/mol. The van der Waals surface area contributed by atoms with Crippen LogP contribution < -0.4 is 10.2 Å². The average Bonchev–Trinajstić information content (AvgIpc) is 3.06. The number of amides is 1. The van der Waals surface area contributed by atoms with E-state index in [-0.39, 0.29) is 5.91 Å². The minimum Gasteiger partial charge on any atom is -0.383 e. The maximum atomic E-state index is 12.5. The van der Waals surface area contributed by atoms with Crippen molar-refractivity contribution in [2.24, 2.45) is 0 Å². The highest BCUT2D eigenvalue weighted by atomic mass is 32.2. The summed E-state index contributed by atoms with van der Waals surface area (Å²) in [6, 6.07) is 9.57. The fraction of sp³-hybridized carbons (Fsp3) is 0.312. The van der Waals surface area contributed by atoms with Crippen molar-refractivity contribution in [1.29, 1.82) is 0 Å². The summed E-state index contributed by atoms with van der Waals surface area (Å²) in [5.41, 5.74) is 0.863. The van der Waals surface area contributed by atoms with Gasteiger partial charge in [-0.1, -0.05) is 47.4 Å². The van der Waals surface area contributed by atoms with Crippen LogP contribution in [0.4, 0.5) is 10.8 Å². The highest BCUT2D eigenvalue weighted by molar-refractivity contribution is 8.01. The zero-order valence-electron chi connectivity index (χ0n) is 13.5. The normalized spacial score (nSPS) is 10.4. The Kier molecular flexibility index (Phi) is 7.73. The van der Waals surface area contributed by atoms with Gasteiger partial charge in [-0.25, -0.2) is 0 Å². The Labute approximate surface area is 149 Å². The summed E-state index contributed by atoms with van der Waals surface area (Å²) in [4.78, 5) is 14.2. The molecule has 0 saturated heterocycles. The van der Waals surface area contributed by atoms with Gasteiger partial charge in [-0.2, -0.15) is 0 Å². The zero-order chi connectivity index (χ0) is 17.2. The molecule has 1 heterocycles. The summed E-state index contributed by atoms with van der Waals surface area (Å²) < 4.78 is 5.73. The molecule has 0 fully saturated rings. The topological polar surface area (TPSA) is 67.4 Å². The summed E-state index contributed by atoms with van der Waals surface area (Å²) in [5, 5.41) is 12.0. The van der Waals surface area contributed by atoms with Gasteiger partial charge in [0.15, 0.2) is 4.34 Å². The van der Waals surface area contributed by atoms with Gasteiger partial charge in [-0.3, -0.25) is 4.79 Å². The SMILES string of the molecule is C=CCN(C(=O)CSc1nnc(NCCOC)s1)c1ccccc1. The van der Waals surface area contributed by atoms with Crippen molar-refractivity contribution in [3.05, 3.63) is 43.0 Å². The molecule has 24 heavy (non-hydrogen) atoms. The molecule has 0 aliphatic rings. The molecule has 0 bridgehead atoms. The molecule has 0 atom stereocenters. The van der Waals surface area contributed by atoms with Crippen molar-refractivity contribution in [3.63, 3.8) is 0 Å². The van der Waals surface area contributed by atoms with Gasteiger partial charge in [0.25, 0.3) is 0 Å². The second-order valence-corrected chi connectivity index (χ2v) is 6.91. The predicted molar refractivity (Wildman–Crippen MR) is 100.0 cm³/mol. The summed E-state index contributed by atoms with van der Waals surface area (Å²) in [5.74, 6) is 0.310. The number of hydrogen-bond donors (Lipinski definition) is 1. The highest BCUT2D eigenvalue weighted by Gasteiger charge is 2.15. The first-order chi connectivity index (χ1) is 11.7. The lowest BCUT2D eigenvalue weighted by Gasteiger charge is -2.20. The van der Waals surface area contributed by atoms with E-state index in [0.29, 0.717) is 25.4 Å². The zero-order valence-corrected chi connectivity index (χ0v) is 15.1. The number of thioether (sulfide) groups is 1. The number of anilines is 2. The largest absolute Gasteiger partial charge is 0.383 e. The van der Waals surface area contributed by atoms with Crippen molar-refractivity contribution in [3.8, 4) is 0 Å². The van der Waals surface area contributed by atoms with Crippen LogP contribution in [0.1, 0.15) is 0 Å². The molecule has 1 aromatic heterocycles. The molecule has 0 spiro atoms. The van der Waals surface area contributed by atoms with Crippen LogP contribution in [0.5, 0.6) is 0 Å². The van der Waals surface area contributed by atoms with E-state index in [9.17, 15) is 4.79 Å². The second kappa shape index (κ2) is 10.1. The number of aromatic nitrogens is 2. The van der Waals surface area contributed by atoms with Crippen LogP contribution in [0.15, 0.2) is 47.3 Å². The molecule has 1 N–H and O–H groups in total. The van der Waals surface area contributed by atoms with Gasteiger partial charge in [0.05, 0.1) is 12.4 Å². The molecule has 6 nitrogen and oxygen atoms in total. The minimum absolute atomic E-state index is 0.00944. The molecule has 0 unspecified atom stereocenters. The number of nitrogens with zero attached hydrogens (tertiary/aromatic N) is 3. The molecule has 1 amide bonds. The van der Waals surface area contributed by atoms with Crippen molar-refractivity contribution in [2.75, 3.05) is 42.8 Å². The summed E-state index contributed by atoms with van der Waals surface area (Å²) >= 11 is 2.81. The maximum Gasteiger partial charge on any atom is 0.237 e. The molecule has 128 valence electrons. The van der Waals surface area contributed by atoms with Gasteiger partial charge in [0, 0.05) is 25.9 Å². The summed E-state index contributed by atoms with van der Waals surface area (Å²) in [6.07, 6.45) is 1.72. The fourth-order valence-corrected chi connectivity index (χ4v) is 3.54. The van der Waals surface area contributed by atoms with Crippen LogP contribution in [-0.4, -0.2) is 48.7 Å². The molecule has 0 aliphatic heterocycles. The van der Waals surface area contributed by atoms with Gasteiger partial charge < -0.3 is 15.0 Å². The molecule has 2 rings (SSSR count). The first-order valence-corrected chi connectivity index (χ1v) is 9.20. The van der Waals surface area contributed by atoms with E-state index < -0.39 is 0 Å². The van der Waals surface area contributed by atoms with Gasteiger partial charge in [0.1, 0.15) is 0 Å². The average molecular weight is 364 g/mol. The van der Waals surface area contributed by atoms with E-state index in [1.807, 2.05) is 30.3 Å². The number of ether oxygens (including phenoxy) is 1. The lowest BCUT2D eigenvalue weighted by atomic mass is 10.3. The molecule has 1 aromatic carbocycles. The quantitative estimate of drug-likeness (QED) is 0.397. The summed E-state index contributed by atoms with van der Waals surface area (Å²) in [6.45, 7) is 5.48. The van der Waals surface area contributed by atoms with E-state index in [2.05, 4.69) is 22.1 Å². The first-order valence-electron chi connectivity index (χ1n) is 7.40. The number of carbonyl (C=O) groups is 1. The van der Waals surface area contributed by atoms with E-state index in [0.717, 1.165) is 15.2 Å². The Hall–Kier alpha value is -1.90. The van der Waals surface area contributed by atoms with Gasteiger partial charge in [-0.15, -0.1) is 16.8 Å². The van der Waals surface area contributed by atoms with Crippen molar-refractivity contribution >= 4 is 39.8 Å². The molecule has 0 aliphatic carbocycles. The number of benzene rings is 1. The predicted octanol–water partition coefficient (Wildman–Crippen LogP) is 2.91. The van der Waals surface area contributed by atoms with Crippen LogP contribution >= 0.6 is 23.1 Å². The van der Waals surface area contributed by atoms with Crippen LogP contribution in [0.25, 0.3) is 0 Å². The Morgan fingerprint density at radius 2 is 2.21 bits per heavy atom. The smallest absolute Gasteiger partial charge is 0.237 e. The van der Waals surface area contributed by atoms with Crippen LogP contribution in [0.3, 0.4) is 0 Å². The Bertz CT molecular complexity index is 649. The Morgan fingerprint density at radius 3 is 2.92 bits per heavy atom. The van der Waals surface area contributed by atoms with E-state index in [4.69, 9.17) is 4.74 Å². The van der Waals surface area contributed by atoms with E-state index in [1.165, 1.54) is 23.1 Å². The molecular formula is C16H20N4O2S2. The number of hydrogen-bond acceptors (Lipinski definition) is 7. The van der Waals surface area contributed by atoms with Crippen molar-refractivity contribution in [2.45, 2.75) is 4.34 Å². The van der Waals surface area contributed by atoms with Crippen LogP contribution in [0.2, 0.25) is 0 Å². The maximum absolute atomic E-state index is 12.5. The molecule has 0 saturated carbocycles. The lowest BCUT2D eigenvalue weighted by molar-refractivity contribution is -0.116. The second-order valence-electron chi connectivity index (χ2n) is 4.71. The third kappa shape index (κ3) is 5.63. The van der Waals surface area contributed by atoms with E-state index >= 15 is 0 Å². The van der Waals surface area contributed by atoms with Crippen LogP contribution in [-0.2, 0) is 9.53 Å². The fourth-order valence-electron chi connectivity index (χ4n) is 1.89. The Morgan fingerprint density at radius 1 is 1.42 bits per heavy atom. The number of para-hydroxylation sites is 1. The van der Waals surface area contributed by atoms with Gasteiger partial charge in [-0.05, 0) is 12.1 Å². The van der Waals surface area contributed by atoms with Crippen molar-refractivity contribution in [1.82, 2.24) is 10.2 Å². The number of rotatable bonds is 10. The molecule has 0 radical (unpaired) electrons. The number of carbonyl (C=O) groups excluding carboxylic acids is 1. The molecule has 2 aromatic rings. The number of nitrogens with one attached hydrogen (secondary N) is 1. The van der Waals surface area contributed by atoms with Gasteiger partial charge in [0.2, 0.25) is 11.0 Å². The third-order valence-electron chi connectivity index (χ3n) is 2.99. The number of methoxy groups -OCH3 is 1. The van der Waals surface area contributed by atoms with Gasteiger partial charge >= 0.3 is 0 Å². The summed E-state index contributed by atoms with van der Waals surface area (Å²) in [7, 11) is 1.65. The molecule has 8 heteroatoms. The standard InChI is InChI=1S/C16H20N4O2S2/c1-3-10-20(13-7-5-4-6-8-13)14(21)12-23-16-19-18-15(24-16)17-9-11-22-2/h3-8H,1,9-12H2,2H3,(H,17,18). The van der Waals surface area contributed by atoms with E-state index in [1.54, 1.807) is 18.1 Å². The van der Waals surface area contributed by atoms with Crippen molar-refractivity contribution < 1.29 is 9.53 Å². The Balaban J connectivity index is 1.90. The van der Waals surface area contributed by atoms with Crippen LogP contribution in [0, 0.1) is 0 Å². The first kappa shape index (κ1) is 18.4. The highest BCUT2D eigenvalue weighted by Crippen LogP contribution is 2.26. The monoisotopic (exact) mass is 364 g/mol. The lowest BCUT2D eigenvalue weighted by Crippen LogP contribution is -2.32.